The quantitative estimate of drug-likeness (QED) is 0.407. The minimum Gasteiger partial charge on any atom is -0.497 e. The zero-order chi connectivity index (χ0) is 30.7. The third-order valence-electron chi connectivity index (χ3n) is 10.6. The number of carbonyl (C=O) groups is 2. The number of benzene rings is 2. The first-order valence-electron chi connectivity index (χ1n) is 14.9. The molecule has 2 heterocycles. The Labute approximate surface area is 253 Å². The molecule has 43 heavy (non-hydrogen) atoms. The summed E-state index contributed by atoms with van der Waals surface area (Å²) in [4.78, 5) is 34.0. The second-order valence-electron chi connectivity index (χ2n) is 12.7. The third-order valence-corrected chi connectivity index (χ3v) is 12.5. The summed E-state index contributed by atoms with van der Waals surface area (Å²) in [6.45, 7) is 6.16. The summed E-state index contributed by atoms with van der Waals surface area (Å²) in [5.74, 6) is 0.522. The van der Waals surface area contributed by atoms with Gasteiger partial charge in [0.05, 0.1) is 38.7 Å². The first-order valence-corrected chi connectivity index (χ1v) is 16.5. The normalized spacial score (nSPS) is 30.4. The van der Waals surface area contributed by atoms with Crippen molar-refractivity contribution in [1.29, 1.82) is 0 Å². The van der Waals surface area contributed by atoms with Gasteiger partial charge in [0.1, 0.15) is 17.5 Å². The van der Waals surface area contributed by atoms with Crippen molar-refractivity contribution in [2.75, 3.05) is 26.6 Å². The summed E-state index contributed by atoms with van der Waals surface area (Å²) in [7, 11) is -0.695. The zero-order valence-electron chi connectivity index (χ0n) is 25.3. The standard InChI is InChI=1S/C32H40N2O8S/c1-6-41-30(36)25-18-26(29(35)34-27-17-22-15-16-32(27,31(22,2)3)19-43(34,37)38)42-33(25)28(20-7-11-23(39-4)12-8-20)21-9-13-24(40-5)14-10-21/h7-14,22,25-28H,6,15-19H2,1-5H3/t22-,25-,26-,27-,32-/m0/s1. The molecule has 5 atom stereocenters. The second kappa shape index (κ2) is 10.8. The Kier molecular flexibility index (Phi) is 7.50. The van der Waals surface area contributed by atoms with E-state index in [0.717, 1.165) is 28.3 Å². The summed E-state index contributed by atoms with van der Waals surface area (Å²) >= 11 is 0. The highest BCUT2D eigenvalue weighted by Crippen LogP contribution is 2.70. The van der Waals surface area contributed by atoms with Crippen molar-refractivity contribution < 1.29 is 37.1 Å². The summed E-state index contributed by atoms with van der Waals surface area (Å²) in [6.07, 6.45) is 1.24. The Morgan fingerprint density at radius 2 is 1.56 bits per heavy atom. The predicted octanol–water partition coefficient (Wildman–Crippen LogP) is 4.10. The van der Waals surface area contributed by atoms with Gasteiger partial charge in [-0.05, 0) is 72.9 Å². The van der Waals surface area contributed by atoms with Crippen LogP contribution in [0, 0.1) is 16.7 Å². The van der Waals surface area contributed by atoms with E-state index in [1.165, 1.54) is 5.06 Å². The molecule has 4 aliphatic rings. The Hall–Kier alpha value is -3.15. The van der Waals surface area contributed by atoms with Crippen molar-refractivity contribution >= 4 is 21.9 Å². The van der Waals surface area contributed by atoms with Crippen LogP contribution in [-0.4, -0.2) is 74.4 Å². The fourth-order valence-corrected chi connectivity index (χ4v) is 10.7. The second-order valence-corrected chi connectivity index (χ2v) is 14.5. The van der Waals surface area contributed by atoms with Gasteiger partial charge in [-0.2, -0.15) is 5.06 Å². The molecule has 0 N–H and O–H groups in total. The van der Waals surface area contributed by atoms with E-state index in [2.05, 4.69) is 13.8 Å². The highest BCUT2D eigenvalue weighted by molar-refractivity contribution is 7.90. The van der Waals surface area contributed by atoms with Crippen molar-refractivity contribution in [3.8, 4) is 11.5 Å². The maximum atomic E-state index is 14.2. The van der Waals surface area contributed by atoms with Gasteiger partial charge in [0.25, 0.3) is 5.91 Å². The first kappa shape index (κ1) is 29.9. The molecule has 0 aromatic heterocycles. The van der Waals surface area contributed by atoms with E-state index in [-0.39, 0.29) is 24.2 Å². The number of carbonyl (C=O) groups excluding carboxylic acids is 2. The molecule has 2 saturated carbocycles. The fourth-order valence-electron chi connectivity index (χ4n) is 8.18. The number of amides is 1. The highest BCUT2D eigenvalue weighted by atomic mass is 32.2. The maximum Gasteiger partial charge on any atom is 0.325 e. The van der Waals surface area contributed by atoms with E-state index < -0.39 is 51.5 Å². The van der Waals surface area contributed by atoms with Crippen molar-refractivity contribution in [2.45, 2.75) is 70.7 Å². The summed E-state index contributed by atoms with van der Waals surface area (Å²) in [5, 5.41) is 1.51. The minimum absolute atomic E-state index is 0.0287. The van der Waals surface area contributed by atoms with Gasteiger partial charge in [0, 0.05) is 11.8 Å². The van der Waals surface area contributed by atoms with Gasteiger partial charge in [-0.25, -0.2) is 12.7 Å². The van der Waals surface area contributed by atoms with E-state index >= 15 is 0 Å². The van der Waals surface area contributed by atoms with Gasteiger partial charge in [-0.15, -0.1) is 0 Å². The Balaban J connectivity index is 1.37. The number of fused-ring (bicyclic) bond motifs is 1. The average Bonchev–Trinajstić information content (AvgIpc) is 3.66. The molecule has 232 valence electrons. The van der Waals surface area contributed by atoms with E-state index in [4.69, 9.17) is 19.0 Å². The number of rotatable bonds is 8. The van der Waals surface area contributed by atoms with Crippen molar-refractivity contribution in [3.05, 3.63) is 59.7 Å². The first-order chi connectivity index (χ1) is 20.5. The molecule has 4 fully saturated rings. The van der Waals surface area contributed by atoms with Crippen LogP contribution in [0.15, 0.2) is 48.5 Å². The topological polar surface area (TPSA) is 112 Å². The molecule has 10 nitrogen and oxygen atoms in total. The Morgan fingerprint density at radius 3 is 2.07 bits per heavy atom. The highest BCUT2D eigenvalue weighted by Gasteiger charge is 2.72. The molecule has 6 rings (SSSR count). The predicted molar refractivity (Wildman–Crippen MR) is 158 cm³/mol. The van der Waals surface area contributed by atoms with E-state index in [1.54, 1.807) is 21.1 Å². The number of esters is 1. The summed E-state index contributed by atoms with van der Waals surface area (Å²) < 4.78 is 44.6. The SMILES string of the molecule is CCOC(=O)[C@@H]1C[C@@H](C(=O)N2[C@H]3C[C@@H]4CC[C@@]3(CS2(=O)=O)C4(C)C)ON1C(c1ccc(OC)cc1)c1ccc(OC)cc1. The molecule has 1 amide bonds. The number of methoxy groups -OCH3 is 2. The summed E-state index contributed by atoms with van der Waals surface area (Å²) in [6, 6.07) is 12.8. The van der Waals surface area contributed by atoms with Crippen molar-refractivity contribution in [2.24, 2.45) is 16.7 Å². The number of hydroxylamine groups is 2. The molecule has 0 radical (unpaired) electrons. The monoisotopic (exact) mass is 612 g/mol. The van der Waals surface area contributed by atoms with Gasteiger partial charge >= 0.3 is 5.97 Å². The molecule has 11 heteroatoms. The van der Waals surface area contributed by atoms with Gasteiger partial charge in [0.2, 0.25) is 10.0 Å². The number of hydrogen-bond donors (Lipinski definition) is 0. The van der Waals surface area contributed by atoms with Gasteiger partial charge in [-0.1, -0.05) is 38.1 Å². The number of sulfonamides is 1. The number of nitrogens with zero attached hydrogens (tertiary/aromatic N) is 2. The summed E-state index contributed by atoms with van der Waals surface area (Å²) in [5.41, 5.74) is 0.940. The molecule has 2 aromatic rings. The molecular formula is C32H40N2O8S. The molecule has 2 saturated heterocycles. The lowest BCUT2D eigenvalue weighted by Gasteiger charge is -2.37. The molecule has 2 aliphatic carbocycles. The number of ether oxygens (including phenoxy) is 3. The van der Waals surface area contributed by atoms with Crippen LogP contribution in [0.3, 0.4) is 0 Å². The smallest absolute Gasteiger partial charge is 0.325 e. The van der Waals surface area contributed by atoms with Crippen LogP contribution in [0.4, 0.5) is 0 Å². The van der Waals surface area contributed by atoms with Gasteiger partial charge < -0.3 is 14.2 Å². The minimum atomic E-state index is -3.86. The van der Waals surface area contributed by atoms with Crippen molar-refractivity contribution in [1.82, 2.24) is 9.37 Å². The van der Waals surface area contributed by atoms with Crippen LogP contribution in [-0.2, 0) is 29.2 Å². The Morgan fingerprint density at radius 1 is 0.977 bits per heavy atom. The molecule has 2 bridgehead atoms. The van der Waals surface area contributed by atoms with E-state index in [1.807, 2.05) is 48.5 Å². The van der Waals surface area contributed by atoms with Crippen LogP contribution in [0.5, 0.6) is 11.5 Å². The van der Waals surface area contributed by atoms with E-state index in [0.29, 0.717) is 23.8 Å². The lowest BCUT2D eigenvalue weighted by atomic mass is 9.69. The van der Waals surface area contributed by atoms with Crippen LogP contribution < -0.4 is 9.47 Å². The largest absolute Gasteiger partial charge is 0.497 e. The lowest BCUT2D eigenvalue weighted by Crippen LogP contribution is -2.48. The Bertz CT molecular complexity index is 1440. The molecule has 2 aliphatic heterocycles. The zero-order valence-corrected chi connectivity index (χ0v) is 26.1. The van der Waals surface area contributed by atoms with E-state index in [9.17, 15) is 18.0 Å². The average molecular weight is 613 g/mol. The van der Waals surface area contributed by atoms with Gasteiger partial charge in [0.15, 0.2) is 6.10 Å². The molecule has 2 aromatic carbocycles. The molecular weight excluding hydrogens is 572 g/mol. The molecule has 1 spiro atoms. The number of hydrogen-bond acceptors (Lipinski definition) is 9. The van der Waals surface area contributed by atoms with Crippen LogP contribution >= 0.6 is 0 Å². The third kappa shape index (κ3) is 4.62. The van der Waals surface area contributed by atoms with Gasteiger partial charge in [-0.3, -0.25) is 14.4 Å². The van der Waals surface area contributed by atoms with Crippen molar-refractivity contribution in [3.63, 3.8) is 0 Å². The molecule has 0 unspecified atom stereocenters. The van der Waals surface area contributed by atoms with Crippen LogP contribution in [0.25, 0.3) is 0 Å². The lowest BCUT2D eigenvalue weighted by molar-refractivity contribution is -0.200. The fraction of sp³-hybridized carbons (Fsp3) is 0.562. The van der Waals surface area contributed by atoms with Crippen LogP contribution in [0.2, 0.25) is 0 Å². The maximum absolute atomic E-state index is 14.2. The van der Waals surface area contributed by atoms with Crippen LogP contribution in [0.1, 0.15) is 63.6 Å².